The number of benzene rings is 2. The Balaban J connectivity index is 1.04. The van der Waals surface area contributed by atoms with Crippen molar-refractivity contribution >= 4 is 10.0 Å². The van der Waals surface area contributed by atoms with E-state index in [9.17, 15) is 8.42 Å². The second kappa shape index (κ2) is 10.0. The summed E-state index contributed by atoms with van der Waals surface area (Å²) in [6, 6.07) is 15.0. The third-order valence-electron chi connectivity index (χ3n) is 7.53. The van der Waals surface area contributed by atoms with Gasteiger partial charge in [0, 0.05) is 11.6 Å². The van der Waals surface area contributed by atoms with Crippen LogP contribution < -0.4 is 14.2 Å². The number of piperidine rings is 1. The van der Waals surface area contributed by atoms with Gasteiger partial charge in [-0.1, -0.05) is 30.3 Å². The highest BCUT2D eigenvalue weighted by Crippen LogP contribution is 2.42. The fourth-order valence-corrected chi connectivity index (χ4v) is 6.89. The second-order valence-corrected chi connectivity index (χ2v) is 11.4. The first-order valence-electron chi connectivity index (χ1n) is 12.3. The molecule has 0 aromatic heterocycles. The van der Waals surface area contributed by atoms with Gasteiger partial charge in [0.2, 0.25) is 16.8 Å². The van der Waals surface area contributed by atoms with Gasteiger partial charge >= 0.3 is 0 Å². The molecule has 5 rings (SSSR count). The zero-order valence-electron chi connectivity index (χ0n) is 19.1. The molecule has 2 aliphatic heterocycles. The molecule has 6 nitrogen and oxygen atoms in total. The molecule has 2 heterocycles. The molecule has 7 heteroatoms. The van der Waals surface area contributed by atoms with Crippen molar-refractivity contribution in [3.05, 3.63) is 54.1 Å². The maximum atomic E-state index is 12.6. The summed E-state index contributed by atoms with van der Waals surface area (Å²) in [5.74, 6) is 3.08. The van der Waals surface area contributed by atoms with E-state index in [0.717, 1.165) is 69.7 Å². The van der Waals surface area contributed by atoms with Crippen molar-refractivity contribution < 1.29 is 17.9 Å². The van der Waals surface area contributed by atoms with Crippen molar-refractivity contribution in [3.8, 4) is 11.5 Å². The summed E-state index contributed by atoms with van der Waals surface area (Å²) >= 11 is 0. The topological polar surface area (TPSA) is 67.9 Å². The van der Waals surface area contributed by atoms with Gasteiger partial charge in [-0.3, -0.25) is 0 Å². The molecule has 178 valence electrons. The molecule has 3 aliphatic rings. The number of rotatable bonds is 7. The van der Waals surface area contributed by atoms with Gasteiger partial charge in [-0.15, -0.1) is 0 Å². The van der Waals surface area contributed by atoms with Crippen LogP contribution in [0.25, 0.3) is 0 Å². The molecule has 2 fully saturated rings. The fourth-order valence-electron chi connectivity index (χ4n) is 5.56. The van der Waals surface area contributed by atoms with Crippen LogP contribution in [0.15, 0.2) is 53.4 Å². The molecule has 0 atom stereocenters. The fraction of sp³-hybridized carbons (Fsp3) is 0.538. The summed E-state index contributed by atoms with van der Waals surface area (Å²) in [7, 11) is -3.41. The Morgan fingerprint density at radius 2 is 1.64 bits per heavy atom. The number of likely N-dealkylation sites (tertiary alicyclic amines) is 1. The smallest absolute Gasteiger partial charge is 0.240 e. The summed E-state index contributed by atoms with van der Waals surface area (Å²) < 4.78 is 39.3. The quantitative estimate of drug-likeness (QED) is 0.644. The molecule has 0 bridgehead atoms. The number of hydrogen-bond donors (Lipinski definition) is 1. The third kappa shape index (κ3) is 5.36. The first-order valence-corrected chi connectivity index (χ1v) is 13.7. The van der Waals surface area contributed by atoms with Gasteiger partial charge < -0.3 is 14.4 Å². The van der Waals surface area contributed by atoms with E-state index in [2.05, 4.69) is 21.8 Å². The highest BCUT2D eigenvalue weighted by Gasteiger charge is 2.29. The van der Waals surface area contributed by atoms with Gasteiger partial charge in [0.15, 0.2) is 11.5 Å². The Kier molecular flexibility index (Phi) is 6.90. The summed E-state index contributed by atoms with van der Waals surface area (Å²) in [5.41, 5.74) is 1.31. The van der Waals surface area contributed by atoms with E-state index < -0.39 is 10.0 Å². The van der Waals surface area contributed by atoms with Gasteiger partial charge in [-0.2, -0.15) is 0 Å². The van der Waals surface area contributed by atoms with Crippen LogP contribution in [0.4, 0.5) is 0 Å². The van der Waals surface area contributed by atoms with E-state index in [4.69, 9.17) is 9.47 Å². The normalized spacial score (nSPS) is 24.1. The molecule has 0 spiro atoms. The van der Waals surface area contributed by atoms with E-state index in [-0.39, 0.29) is 6.04 Å². The van der Waals surface area contributed by atoms with E-state index in [1.165, 1.54) is 12.0 Å². The monoisotopic (exact) mass is 470 g/mol. The molecule has 0 amide bonds. The van der Waals surface area contributed by atoms with Crippen LogP contribution in [0.1, 0.15) is 56.4 Å². The maximum absolute atomic E-state index is 12.6. The highest BCUT2D eigenvalue weighted by atomic mass is 32.2. The molecule has 0 radical (unpaired) electrons. The Morgan fingerprint density at radius 3 is 2.39 bits per heavy atom. The molecule has 1 saturated heterocycles. The minimum Gasteiger partial charge on any atom is -0.454 e. The number of nitrogens with one attached hydrogen (secondary N) is 1. The first kappa shape index (κ1) is 22.7. The van der Waals surface area contributed by atoms with Gasteiger partial charge in [0.05, 0.1) is 4.90 Å². The largest absolute Gasteiger partial charge is 0.454 e. The maximum Gasteiger partial charge on any atom is 0.240 e. The second-order valence-electron chi connectivity index (χ2n) is 9.64. The molecule has 1 saturated carbocycles. The minimum absolute atomic E-state index is 0.0565. The van der Waals surface area contributed by atoms with Crippen LogP contribution in [0.2, 0.25) is 0 Å². The first-order chi connectivity index (χ1) is 16.1. The van der Waals surface area contributed by atoms with E-state index in [1.54, 1.807) is 24.3 Å². The van der Waals surface area contributed by atoms with Crippen LogP contribution in [-0.2, 0) is 10.0 Å². The summed E-state index contributed by atoms with van der Waals surface area (Å²) in [6.07, 6.45) is 7.60. The van der Waals surface area contributed by atoms with Crippen molar-refractivity contribution in [2.45, 2.75) is 61.8 Å². The third-order valence-corrected chi connectivity index (χ3v) is 9.07. The molecule has 2 aromatic rings. The van der Waals surface area contributed by atoms with Crippen LogP contribution in [0, 0.1) is 5.92 Å². The van der Waals surface area contributed by atoms with Crippen molar-refractivity contribution in [2.24, 2.45) is 5.92 Å². The van der Waals surface area contributed by atoms with Crippen molar-refractivity contribution in [3.63, 3.8) is 0 Å². The molecule has 33 heavy (non-hydrogen) atoms. The van der Waals surface area contributed by atoms with Gasteiger partial charge in [-0.25, -0.2) is 13.1 Å². The molecule has 2 aromatic carbocycles. The molecule has 1 N–H and O–H groups in total. The van der Waals surface area contributed by atoms with Crippen molar-refractivity contribution in [1.29, 1.82) is 0 Å². The number of ether oxygens (including phenoxy) is 2. The zero-order chi connectivity index (χ0) is 22.7. The Labute approximate surface area is 197 Å². The molecular formula is C26H34N2O4S. The predicted octanol–water partition coefficient (Wildman–Crippen LogP) is 4.52. The van der Waals surface area contributed by atoms with E-state index in [0.29, 0.717) is 23.5 Å². The lowest BCUT2D eigenvalue weighted by molar-refractivity contribution is 0.169. The SMILES string of the molecule is O=S(=O)(NC1CCC(CCN2CCC(c3cccc4c3OCO4)CC2)CC1)c1ccccc1. The number of para-hydroxylation sites is 1. The summed E-state index contributed by atoms with van der Waals surface area (Å²) in [6.45, 7) is 3.73. The van der Waals surface area contributed by atoms with Gasteiger partial charge in [-0.05, 0) is 94.6 Å². The molecule has 1 aliphatic carbocycles. The predicted molar refractivity (Wildman–Crippen MR) is 128 cm³/mol. The molecule has 0 unspecified atom stereocenters. The van der Waals surface area contributed by atoms with Crippen LogP contribution in [-0.4, -0.2) is 45.8 Å². The molecular weight excluding hydrogens is 436 g/mol. The number of fused-ring (bicyclic) bond motifs is 1. The average Bonchev–Trinajstić information content (AvgIpc) is 3.34. The number of sulfonamides is 1. The Hall–Kier alpha value is -2.09. The van der Waals surface area contributed by atoms with Crippen molar-refractivity contribution in [2.75, 3.05) is 26.4 Å². The lowest BCUT2D eigenvalue weighted by Crippen LogP contribution is -2.38. The summed E-state index contributed by atoms with van der Waals surface area (Å²) in [5, 5.41) is 0. The van der Waals surface area contributed by atoms with Gasteiger partial charge in [0.1, 0.15) is 0 Å². The van der Waals surface area contributed by atoms with E-state index >= 15 is 0 Å². The van der Waals surface area contributed by atoms with Crippen molar-refractivity contribution in [1.82, 2.24) is 9.62 Å². The Bertz CT molecular complexity index is 1030. The standard InChI is InChI=1S/C26H34N2O4S/c29-33(30,23-5-2-1-3-6-23)27-22-11-9-20(10-12-22)13-16-28-17-14-21(15-18-28)24-7-4-8-25-26(24)32-19-31-25/h1-8,20-22,27H,9-19H2. The zero-order valence-corrected chi connectivity index (χ0v) is 19.9. The lowest BCUT2D eigenvalue weighted by Gasteiger charge is -2.34. The summed E-state index contributed by atoms with van der Waals surface area (Å²) in [4.78, 5) is 2.95. The minimum atomic E-state index is -3.41. The Morgan fingerprint density at radius 1 is 0.879 bits per heavy atom. The van der Waals surface area contributed by atoms with Crippen LogP contribution in [0.3, 0.4) is 0 Å². The van der Waals surface area contributed by atoms with Gasteiger partial charge in [0.25, 0.3) is 0 Å². The lowest BCUT2D eigenvalue weighted by atomic mass is 9.84. The number of nitrogens with zero attached hydrogens (tertiary/aromatic N) is 1. The van der Waals surface area contributed by atoms with E-state index in [1.807, 2.05) is 12.1 Å². The highest BCUT2D eigenvalue weighted by molar-refractivity contribution is 7.89. The van der Waals surface area contributed by atoms with Crippen LogP contribution >= 0.6 is 0 Å². The van der Waals surface area contributed by atoms with Crippen LogP contribution in [0.5, 0.6) is 11.5 Å². The number of hydrogen-bond acceptors (Lipinski definition) is 5. The average molecular weight is 471 g/mol.